The maximum Gasteiger partial charge on any atom is 0.224 e. The third kappa shape index (κ3) is 5.82. The lowest BCUT2D eigenvalue weighted by Crippen LogP contribution is -2.19. The summed E-state index contributed by atoms with van der Waals surface area (Å²) < 4.78 is 5.40. The molecule has 0 unspecified atom stereocenters. The lowest BCUT2D eigenvalue weighted by Gasteiger charge is -2.26. The van der Waals surface area contributed by atoms with E-state index >= 15 is 0 Å². The van der Waals surface area contributed by atoms with Gasteiger partial charge in [-0.15, -0.1) is 0 Å². The number of aldehydes is 1. The van der Waals surface area contributed by atoms with Crippen molar-refractivity contribution in [3.05, 3.63) is 46.3 Å². The molecule has 0 aliphatic heterocycles. The fraction of sp³-hybridized carbons (Fsp3) is 0.565. The third-order valence-corrected chi connectivity index (χ3v) is 4.99. The molecule has 0 saturated heterocycles. The average Bonchev–Trinajstić information content (AvgIpc) is 2.62. The van der Waals surface area contributed by atoms with Crippen LogP contribution in [0, 0.1) is 0 Å². The molecular weight excluding hydrogens is 324 g/mol. The molecule has 0 saturated carbocycles. The maximum atomic E-state index is 12.7. The van der Waals surface area contributed by atoms with Gasteiger partial charge in [0.1, 0.15) is 6.29 Å². The monoisotopic (exact) mass is 358 g/mol. The second-order valence-electron chi connectivity index (χ2n) is 7.00. The first-order chi connectivity index (χ1) is 12.5. The number of ketones is 1. The molecule has 0 heterocycles. The molecule has 1 rings (SSSR count). The minimum absolute atomic E-state index is 0.0127. The predicted molar refractivity (Wildman–Crippen MR) is 108 cm³/mol. The highest BCUT2D eigenvalue weighted by Gasteiger charge is 2.30. The number of carbonyl (C=O) groups excluding carboxylic acids is 2. The number of methoxy groups -OCH3 is 1. The summed E-state index contributed by atoms with van der Waals surface area (Å²) in [4.78, 5) is 23.0. The van der Waals surface area contributed by atoms with Crippen molar-refractivity contribution < 1.29 is 14.3 Å². The molecule has 0 spiro atoms. The number of rotatable bonds is 12. The van der Waals surface area contributed by atoms with Crippen LogP contribution in [0.2, 0.25) is 0 Å². The first kappa shape index (κ1) is 22.1. The molecule has 0 radical (unpaired) electrons. The van der Waals surface area contributed by atoms with Gasteiger partial charge in [0.05, 0.1) is 7.11 Å². The van der Waals surface area contributed by atoms with Crippen molar-refractivity contribution in [2.75, 3.05) is 7.11 Å². The second-order valence-corrected chi connectivity index (χ2v) is 7.00. The van der Waals surface area contributed by atoms with Crippen LogP contribution in [0.15, 0.2) is 46.3 Å². The van der Waals surface area contributed by atoms with Crippen molar-refractivity contribution in [1.29, 1.82) is 0 Å². The van der Waals surface area contributed by atoms with E-state index in [0.717, 1.165) is 59.8 Å². The van der Waals surface area contributed by atoms with Gasteiger partial charge in [-0.3, -0.25) is 4.79 Å². The SMILES string of the molecule is C=C(C)C1=C(OC)C(=O)C(C)=C(CCCCCCCCCC=O)/C1=C\C. The van der Waals surface area contributed by atoms with E-state index in [9.17, 15) is 9.59 Å². The van der Waals surface area contributed by atoms with Crippen LogP contribution in [0.5, 0.6) is 0 Å². The summed E-state index contributed by atoms with van der Waals surface area (Å²) in [6, 6.07) is 0. The second kappa shape index (κ2) is 11.7. The summed E-state index contributed by atoms with van der Waals surface area (Å²) in [5.41, 5.74) is 4.76. The van der Waals surface area contributed by atoms with E-state index in [2.05, 4.69) is 12.7 Å². The van der Waals surface area contributed by atoms with Crippen molar-refractivity contribution in [2.45, 2.75) is 78.6 Å². The highest BCUT2D eigenvalue weighted by Crippen LogP contribution is 2.38. The molecule has 0 fully saturated rings. The fourth-order valence-electron chi connectivity index (χ4n) is 3.57. The largest absolute Gasteiger partial charge is 0.492 e. The summed E-state index contributed by atoms with van der Waals surface area (Å²) in [5.74, 6) is 0.406. The molecule has 3 nitrogen and oxygen atoms in total. The number of hydrogen-bond donors (Lipinski definition) is 0. The average molecular weight is 359 g/mol. The first-order valence-electron chi connectivity index (χ1n) is 9.78. The zero-order valence-electron chi connectivity index (χ0n) is 17.0. The standard InChI is InChI=1S/C23H34O3/c1-6-19-20(15-13-11-9-7-8-10-12-14-16-24)18(4)22(25)23(26-5)21(19)17(2)3/h6,16H,2,7-15H2,1,3-5H3/b19-6+. The minimum Gasteiger partial charge on any atom is -0.492 e. The number of allylic oxidation sites excluding steroid dienone is 6. The number of ether oxygens (including phenoxy) is 1. The van der Waals surface area contributed by atoms with Crippen LogP contribution in [0.25, 0.3) is 0 Å². The maximum absolute atomic E-state index is 12.7. The predicted octanol–water partition coefficient (Wildman–Crippen LogP) is 6.02. The molecule has 1 aliphatic carbocycles. The third-order valence-electron chi connectivity index (χ3n) is 4.99. The Morgan fingerprint density at radius 3 is 2.15 bits per heavy atom. The summed E-state index contributed by atoms with van der Waals surface area (Å²) in [7, 11) is 1.55. The Labute approximate surface area is 158 Å². The lowest BCUT2D eigenvalue weighted by molar-refractivity contribution is -0.115. The van der Waals surface area contributed by atoms with Crippen LogP contribution in [0.4, 0.5) is 0 Å². The van der Waals surface area contributed by atoms with Crippen molar-refractivity contribution >= 4 is 12.1 Å². The van der Waals surface area contributed by atoms with E-state index in [1.54, 1.807) is 7.11 Å². The van der Waals surface area contributed by atoms with E-state index in [0.29, 0.717) is 12.2 Å². The Morgan fingerprint density at radius 1 is 1.08 bits per heavy atom. The number of carbonyl (C=O) groups is 2. The quantitative estimate of drug-likeness (QED) is 0.316. The molecule has 0 atom stereocenters. The van der Waals surface area contributed by atoms with Crippen molar-refractivity contribution in [3.63, 3.8) is 0 Å². The van der Waals surface area contributed by atoms with Gasteiger partial charge in [-0.05, 0) is 56.8 Å². The van der Waals surface area contributed by atoms with Gasteiger partial charge in [0.2, 0.25) is 5.78 Å². The van der Waals surface area contributed by atoms with E-state index < -0.39 is 0 Å². The highest BCUT2D eigenvalue weighted by atomic mass is 16.5. The van der Waals surface area contributed by atoms with Gasteiger partial charge in [-0.2, -0.15) is 0 Å². The van der Waals surface area contributed by atoms with Crippen molar-refractivity contribution in [2.24, 2.45) is 0 Å². The first-order valence-corrected chi connectivity index (χ1v) is 9.78. The Morgan fingerprint density at radius 2 is 1.65 bits per heavy atom. The Balaban J connectivity index is 2.63. The van der Waals surface area contributed by atoms with Crippen LogP contribution in [0.3, 0.4) is 0 Å². The topological polar surface area (TPSA) is 43.4 Å². The van der Waals surface area contributed by atoms with Crippen LogP contribution in [-0.2, 0) is 14.3 Å². The van der Waals surface area contributed by atoms with Crippen LogP contribution < -0.4 is 0 Å². The van der Waals surface area contributed by atoms with E-state index in [1.807, 2.05) is 20.8 Å². The van der Waals surface area contributed by atoms with E-state index in [4.69, 9.17) is 4.74 Å². The van der Waals surface area contributed by atoms with Gasteiger partial charge in [0.15, 0.2) is 5.76 Å². The summed E-state index contributed by atoms with van der Waals surface area (Å²) in [6.45, 7) is 9.88. The van der Waals surface area contributed by atoms with Gasteiger partial charge in [0, 0.05) is 17.6 Å². The number of Topliss-reactive ketones (excluding diaryl/α,β-unsaturated/α-hetero) is 1. The molecule has 0 amide bonds. The molecule has 0 bridgehead atoms. The smallest absolute Gasteiger partial charge is 0.224 e. The molecule has 144 valence electrons. The molecule has 26 heavy (non-hydrogen) atoms. The van der Waals surface area contributed by atoms with Crippen molar-refractivity contribution in [3.8, 4) is 0 Å². The molecule has 0 aromatic rings. The molecule has 0 aromatic heterocycles. The zero-order valence-corrected chi connectivity index (χ0v) is 17.0. The van der Waals surface area contributed by atoms with Crippen LogP contribution in [-0.4, -0.2) is 19.2 Å². The zero-order chi connectivity index (χ0) is 19.5. The molecular formula is C23H34O3. The fourth-order valence-corrected chi connectivity index (χ4v) is 3.57. The molecule has 3 heteroatoms. The molecule has 1 aliphatic rings. The van der Waals surface area contributed by atoms with Crippen LogP contribution >= 0.6 is 0 Å². The van der Waals surface area contributed by atoms with Gasteiger partial charge < -0.3 is 9.53 Å². The van der Waals surface area contributed by atoms with Gasteiger partial charge in [-0.25, -0.2) is 0 Å². The van der Waals surface area contributed by atoms with Gasteiger partial charge in [-0.1, -0.05) is 44.8 Å². The van der Waals surface area contributed by atoms with Gasteiger partial charge in [0.25, 0.3) is 0 Å². The number of unbranched alkanes of at least 4 members (excludes halogenated alkanes) is 7. The molecule has 0 aromatic carbocycles. The summed E-state index contributed by atoms with van der Waals surface area (Å²) in [6.07, 6.45) is 12.7. The number of hydrogen-bond acceptors (Lipinski definition) is 3. The Hall–Kier alpha value is -1.90. The Kier molecular flexibility index (Phi) is 9.93. The molecule has 0 N–H and O–H groups in total. The van der Waals surface area contributed by atoms with Crippen LogP contribution in [0.1, 0.15) is 78.6 Å². The normalized spacial score (nSPS) is 16.5. The lowest BCUT2D eigenvalue weighted by atomic mass is 9.80. The van der Waals surface area contributed by atoms with E-state index in [-0.39, 0.29) is 5.78 Å². The minimum atomic E-state index is -0.0127. The van der Waals surface area contributed by atoms with E-state index in [1.165, 1.54) is 25.7 Å². The van der Waals surface area contributed by atoms with Gasteiger partial charge >= 0.3 is 0 Å². The summed E-state index contributed by atoms with van der Waals surface area (Å²) in [5, 5.41) is 0. The highest BCUT2D eigenvalue weighted by molar-refractivity contribution is 6.11. The van der Waals surface area contributed by atoms with Crippen molar-refractivity contribution in [1.82, 2.24) is 0 Å². The Bertz CT molecular complexity index is 617. The summed E-state index contributed by atoms with van der Waals surface area (Å²) >= 11 is 0.